The smallest absolute Gasteiger partial charge is 0.343 e. The van der Waals surface area contributed by atoms with E-state index in [1.807, 2.05) is 11.8 Å². The Kier molecular flexibility index (Phi) is 5.01. The highest BCUT2D eigenvalue weighted by Crippen LogP contribution is 2.31. The second-order valence-corrected chi connectivity index (χ2v) is 6.74. The van der Waals surface area contributed by atoms with E-state index in [9.17, 15) is 14.0 Å². The third-order valence-electron chi connectivity index (χ3n) is 4.82. The average molecular weight is 401 g/mol. The highest BCUT2D eigenvalue weighted by molar-refractivity contribution is 5.95. The monoisotopic (exact) mass is 401 g/mol. The fourth-order valence-corrected chi connectivity index (χ4v) is 3.52. The van der Waals surface area contributed by atoms with E-state index in [1.54, 1.807) is 19.2 Å². The van der Waals surface area contributed by atoms with Crippen molar-refractivity contribution in [1.82, 2.24) is 19.6 Å². The number of anilines is 1. The molecule has 0 saturated carbocycles. The first-order valence-electron chi connectivity index (χ1n) is 9.25. The Hall–Kier alpha value is -3.27. The number of hydrogen-bond donors (Lipinski definition) is 1. The number of nitrogens with one attached hydrogen (secondary N) is 1. The number of esters is 1. The Morgan fingerprint density at radius 2 is 2.28 bits per heavy atom. The lowest BCUT2D eigenvalue weighted by Gasteiger charge is -2.41. The van der Waals surface area contributed by atoms with Crippen LogP contribution in [0.25, 0.3) is 5.65 Å². The van der Waals surface area contributed by atoms with Crippen molar-refractivity contribution in [2.75, 3.05) is 24.7 Å². The Morgan fingerprint density at radius 1 is 1.45 bits per heavy atom. The van der Waals surface area contributed by atoms with Crippen molar-refractivity contribution < 1.29 is 18.7 Å². The summed E-state index contributed by atoms with van der Waals surface area (Å²) in [6.45, 7) is 4.50. The summed E-state index contributed by atoms with van der Waals surface area (Å²) >= 11 is 0. The molecule has 29 heavy (non-hydrogen) atoms. The first kappa shape index (κ1) is 19.1. The van der Waals surface area contributed by atoms with Crippen LogP contribution in [0.1, 0.15) is 35.8 Å². The number of fused-ring (bicyclic) bond motifs is 1. The minimum Gasteiger partial charge on any atom is -0.462 e. The van der Waals surface area contributed by atoms with Crippen molar-refractivity contribution in [2.45, 2.75) is 25.9 Å². The van der Waals surface area contributed by atoms with E-state index in [0.717, 1.165) is 6.20 Å². The molecular formula is C19H20FN5O4. The van der Waals surface area contributed by atoms with Crippen molar-refractivity contribution in [3.63, 3.8) is 0 Å². The molecule has 3 aromatic heterocycles. The highest BCUT2D eigenvalue weighted by Gasteiger charge is 2.33. The molecule has 0 unspecified atom stereocenters. The summed E-state index contributed by atoms with van der Waals surface area (Å²) in [5.41, 5.74) is 0.440. The molecule has 1 saturated heterocycles. The van der Waals surface area contributed by atoms with Crippen LogP contribution in [0.2, 0.25) is 0 Å². The standard InChI is InChI=1S/C19H20FN5O4/c1-3-29-19(27)14-8-22-24-5-4-16(23-17(14)24)25-11(2)9-28-10-15(25)13-6-12(20)7-21-18(13)26/h4-8,11,15H,3,9-10H2,1-2H3,(H,21,26)/t11-,15-/m1/s1. The molecule has 1 aliphatic heterocycles. The zero-order chi connectivity index (χ0) is 20.5. The van der Waals surface area contributed by atoms with Crippen LogP contribution in [0.4, 0.5) is 10.2 Å². The van der Waals surface area contributed by atoms with Gasteiger partial charge in [0.15, 0.2) is 5.65 Å². The molecule has 10 heteroatoms. The van der Waals surface area contributed by atoms with Gasteiger partial charge >= 0.3 is 5.97 Å². The van der Waals surface area contributed by atoms with Gasteiger partial charge in [0.1, 0.15) is 17.2 Å². The maximum Gasteiger partial charge on any atom is 0.343 e. The summed E-state index contributed by atoms with van der Waals surface area (Å²) < 4.78 is 26.0. The van der Waals surface area contributed by atoms with Gasteiger partial charge < -0.3 is 19.4 Å². The minimum atomic E-state index is -0.540. The largest absolute Gasteiger partial charge is 0.462 e. The summed E-state index contributed by atoms with van der Waals surface area (Å²) in [4.78, 5) is 33.5. The van der Waals surface area contributed by atoms with Crippen LogP contribution in [0.5, 0.6) is 0 Å². The lowest BCUT2D eigenvalue weighted by atomic mass is 10.0. The Balaban J connectivity index is 1.80. The molecule has 0 aromatic carbocycles. The van der Waals surface area contributed by atoms with E-state index in [-0.39, 0.29) is 30.4 Å². The molecule has 1 N–H and O–H groups in total. The number of ether oxygens (including phenoxy) is 2. The fraction of sp³-hybridized carbons (Fsp3) is 0.368. The van der Waals surface area contributed by atoms with Gasteiger partial charge in [-0.1, -0.05) is 0 Å². The SMILES string of the molecule is CCOC(=O)c1cnn2ccc(N3[C@H](C)COC[C@@H]3c3cc(F)c[nH]c3=O)nc12. The van der Waals surface area contributed by atoms with Gasteiger partial charge in [0.25, 0.3) is 5.56 Å². The second-order valence-electron chi connectivity index (χ2n) is 6.74. The van der Waals surface area contributed by atoms with Crippen LogP contribution in [-0.2, 0) is 9.47 Å². The number of aromatic nitrogens is 4. The zero-order valence-corrected chi connectivity index (χ0v) is 16.0. The maximum absolute atomic E-state index is 13.8. The van der Waals surface area contributed by atoms with E-state index < -0.39 is 23.4 Å². The van der Waals surface area contributed by atoms with E-state index in [2.05, 4.69) is 15.1 Å². The molecule has 0 spiro atoms. The minimum absolute atomic E-state index is 0.139. The van der Waals surface area contributed by atoms with Gasteiger partial charge in [-0.2, -0.15) is 5.10 Å². The van der Waals surface area contributed by atoms with E-state index >= 15 is 0 Å². The lowest BCUT2D eigenvalue weighted by Crippen LogP contribution is -2.48. The molecule has 1 aliphatic rings. The summed E-state index contributed by atoms with van der Waals surface area (Å²) in [5.74, 6) is -0.533. The number of halogens is 1. The van der Waals surface area contributed by atoms with Crippen molar-refractivity contribution >= 4 is 17.4 Å². The molecule has 0 amide bonds. The Bertz CT molecular complexity index is 1110. The number of hydrogen-bond acceptors (Lipinski definition) is 7. The summed E-state index contributed by atoms with van der Waals surface area (Å²) in [6.07, 6.45) is 4.10. The number of rotatable bonds is 4. The van der Waals surface area contributed by atoms with Crippen molar-refractivity contribution in [3.8, 4) is 0 Å². The molecule has 4 rings (SSSR count). The van der Waals surface area contributed by atoms with Crippen molar-refractivity contribution in [3.05, 3.63) is 58.0 Å². The van der Waals surface area contributed by atoms with Crippen LogP contribution >= 0.6 is 0 Å². The number of H-pyrrole nitrogens is 1. The highest BCUT2D eigenvalue weighted by atomic mass is 19.1. The molecule has 0 bridgehead atoms. The molecule has 0 radical (unpaired) electrons. The predicted octanol–water partition coefficient (Wildman–Crippen LogP) is 1.70. The number of aromatic amines is 1. The first-order valence-corrected chi connectivity index (χ1v) is 9.25. The molecule has 1 fully saturated rings. The summed E-state index contributed by atoms with van der Waals surface area (Å²) in [7, 11) is 0. The second kappa shape index (κ2) is 7.63. The fourth-order valence-electron chi connectivity index (χ4n) is 3.52. The van der Waals surface area contributed by atoms with Crippen LogP contribution < -0.4 is 10.5 Å². The molecule has 2 atom stereocenters. The average Bonchev–Trinajstić information content (AvgIpc) is 3.13. The van der Waals surface area contributed by atoms with Gasteiger partial charge in [-0.25, -0.2) is 18.7 Å². The normalized spacial score (nSPS) is 19.5. The first-order chi connectivity index (χ1) is 14.0. The molecule has 9 nitrogen and oxygen atoms in total. The number of carbonyl (C=O) groups excluding carboxylic acids is 1. The molecule has 0 aliphatic carbocycles. The summed E-state index contributed by atoms with van der Waals surface area (Å²) in [6, 6.07) is 2.26. The number of morpholine rings is 1. The molecule has 152 valence electrons. The number of nitrogens with zero attached hydrogens (tertiary/aromatic N) is 4. The van der Waals surface area contributed by atoms with Gasteiger partial charge in [-0.3, -0.25) is 4.79 Å². The van der Waals surface area contributed by atoms with Crippen molar-refractivity contribution in [2.24, 2.45) is 0 Å². The van der Waals surface area contributed by atoms with Gasteiger partial charge in [0, 0.05) is 18.0 Å². The van der Waals surface area contributed by atoms with E-state index in [4.69, 9.17) is 9.47 Å². The predicted molar refractivity (Wildman–Crippen MR) is 101 cm³/mol. The summed E-state index contributed by atoms with van der Waals surface area (Å²) in [5, 5.41) is 4.14. The topological polar surface area (TPSA) is 102 Å². The van der Waals surface area contributed by atoms with Crippen LogP contribution in [0.3, 0.4) is 0 Å². The third kappa shape index (κ3) is 3.46. The number of carbonyl (C=O) groups is 1. The van der Waals surface area contributed by atoms with E-state index in [0.29, 0.717) is 18.1 Å². The Morgan fingerprint density at radius 3 is 3.07 bits per heavy atom. The Labute approximate surface area is 165 Å². The zero-order valence-electron chi connectivity index (χ0n) is 16.0. The van der Waals surface area contributed by atoms with E-state index in [1.165, 1.54) is 16.8 Å². The van der Waals surface area contributed by atoms with Crippen LogP contribution in [-0.4, -0.2) is 51.4 Å². The van der Waals surface area contributed by atoms with Crippen LogP contribution in [0.15, 0.2) is 35.5 Å². The van der Waals surface area contributed by atoms with Gasteiger partial charge in [-0.05, 0) is 26.0 Å². The van der Waals surface area contributed by atoms with Gasteiger partial charge in [0.05, 0.1) is 38.1 Å². The maximum atomic E-state index is 13.8. The van der Waals surface area contributed by atoms with Crippen molar-refractivity contribution in [1.29, 1.82) is 0 Å². The lowest BCUT2D eigenvalue weighted by molar-refractivity contribution is 0.0528. The molecular weight excluding hydrogens is 381 g/mol. The van der Waals surface area contributed by atoms with Gasteiger partial charge in [-0.15, -0.1) is 0 Å². The molecule has 3 aromatic rings. The molecule has 4 heterocycles. The number of pyridine rings is 1. The van der Waals surface area contributed by atoms with Gasteiger partial charge in [0.2, 0.25) is 0 Å². The quantitative estimate of drug-likeness (QED) is 0.664. The third-order valence-corrected chi connectivity index (χ3v) is 4.82. The van der Waals surface area contributed by atoms with Crippen LogP contribution in [0, 0.1) is 5.82 Å².